The Labute approximate surface area is 293 Å². The highest BCUT2D eigenvalue weighted by Crippen LogP contribution is 2.37. The van der Waals surface area contributed by atoms with E-state index in [1.807, 2.05) is 0 Å². The standard InChI is InChI=1S/C47H63N/c1-5-8-10-20-38(7-3)41-30-32-42(33-31-41)47(35-48-44-24-11-9-12-25-44)46-27-16-15-26-45(46)36(4)39(18-6-2)23-17-19-37-28-29-40-21-13-14-22-43(40)34-37/h6,11,13,15-16,20-21,24,26-27,30-34,37,39-40,44,48H,2,5,7-10,12,14,17-19,22-23,25,28-29,35H2,1,3-4H3/b38-20+,45-36+,47-46+. The van der Waals surface area contributed by atoms with Crippen molar-refractivity contribution in [1.29, 1.82) is 0 Å². The Bertz CT molecular complexity index is 1560. The summed E-state index contributed by atoms with van der Waals surface area (Å²) in [5.41, 5.74) is 8.82. The van der Waals surface area contributed by atoms with E-state index in [0.717, 1.165) is 31.2 Å². The van der Waals surface area contributed by atoms with Gasteiger partial charge in [0.1, 0.15) is 0 Å². The molecule has 1 N–H and O–H groups in total. The highest BCUT2D eigenvalue weighted by atomic mass is 14.9. The lowest BCUT2D eigenvalue weighted by Gasteiger charge is -2.29. The van der Waals surface area contributed by atoms with Gasteiger partial charge in [-0.2, -0.15) is 0 Å². The summed E-state index contributed by atoms with van der Waals surface area (Å²) in [4.78, 5) is 0. The fourth-order valence-electron chi connectivity index (χ4n) is 8.36. The summed E-state index contributed by atoms with van der Waals surface area (Å²) < 4.78 is 0. The second-order valence-corrected chi connectivity index (χ2v) is 14.7. The second-order valence-electron chi connectivity index (χ2n) is 14.7. The van der Waals surface area contributed by atoms with Crippen LogP contribution in [0.25, 0.3) is 16.7 Å². The molecule has 48 heavy (non-hydrogen) atoms. The van der Waals surface area contributed by atoms with E-state index in [2.05, 4.69) is 124 Å². The Morgan fingerprint density at radius 2 is 1.71 bits per heavy atom. The molecule has 1 heteroatoms. The van der Waals surface area contributed by atoms with E-state index >= 15 is 0 Å². The van der Waals surface area contributed by atoms with Gasteiger partial charge in [0.15, 0.2) is 0 Å². The van der Waals surface area contributed by atoms with Gasteiger partial charge in [-0.15, -0.1) is 6.58 Å². The third-order valence-corrected chi connectivity index (χ3v) is 11.3. The maximum atomic E-state index is 4.20. The average molecular weight is 642 g/mol. The van der Waals surface area contributed by atoms with E-state index in [0.29, 0.717) is 12.0 Å². The Morgan fingerprint density at radius 1 is 0.917 bits per heavy atom. The lowest BCUT2D eigenvalue weighted by Crippen LogP contribution is -2.36. The van der Waals surface area contributed by atoms with Gasteiger partial charge in [-0.1, -0.05) is 135 Å². The number of hydrogen-bond acceptors (Lipinski definition) is 1. The summed E-state index contributed by atoms with van der Waals surface area (Å²) in [7, 11) is 0. The third-order valence-electron chi connectivity index (χ3n) is 11.3. The largest absolute Gasteiger partial charge is 0.306 e. The summed E-state index contributed by atoms with van der Waals surface area (Å²) in [5.74, 6) is 2.01. The average Bonchev–Trinajstić information content (AvgIpc) is 3.14. The second kappa shape index (κ2) is 19.1. The van der Waals surface area contributed by atoms with Crippen LogP contribution in [0.2, 0.25) is 0 Å². The van der Waals surface area contributed by atoms with Gasteiger partial charge in [0.25, 0.3) is 0 Å². The Balaban J connectivity index is 1.45. The van der Waals surface area contributed by atoms with Crippen molar-refractivity contribution < 1.29 is 0 Å². The molecule has 2 aromatic rings. The van der Waals surface area contributed by atoms with Gasteiger partial charge in [-0.3, -0.25) is 0 Å². The van der Waals surface area contributed by atoms with Crippen molar-refractivity contribution >= 4 is 16.7 Å². The van der Waals surface area contributed by atoms with Crippen LogP contribution in [-0.4, -0.2) is 12.6 Å². The Hall–Kier alpha value is -3.16. The minimum atomic E-state index is 0.446. The van der Waals surface area contributed by atoms with Crippen LogP contribution in [0.3, 0.4) is 0 Å². The van der Waals surface area contributed by atoms with E-state index in [1.165, 1.54) is 122 Å². The van der Waals surface area contributed by atoms with Crippen LogP contribution >= 0.6 is 0 Å². The van der Waals surface area contributed by atoms with E-state index < -0.39 is 0 Å². The smallest absolute Gasteiger partial charge is 0.0253 e. The van der Waals surface area contributed by atoms with E-state index in [1.54, 1.807) is 5.57 Å². The molecule has 0 aromatic heterocycles. The number of fused-ring (bicyclic) bond motifs is 1. The molecule has 0 aliphatic heterocycles. The normalized spacial score (nSPS) is 22.9. The monoisotopic (exact) mass is 641 g/mol. The summed E-state index contributed by atoms with van der Waals surface area (Å²) >= 11 is 0. The first-order valence-corrected chi connectivity index (χ1v) is 19.6. The first-order chi connectivity index (χ1) is 23.6. The number of allylic oxidation sites excluding steroid dienone is 8. The van der Waals surface area contributed by atoms with Crippen molar-refractivity contribution in [3.05, 3.63) is 125 Å². The lowest BCUT2D eigenvalue weighted by atomic mass is 9.76. The van der Waals surface area contributed by atoms with Crippen LogP contribution in [0.5, 0.6) is 0 Å². The highest BCUT2D eigenvalue weighted by molar-refractivity contribution is 5.72. The fourth-order valence-corrected chi connectivity index (χ4v) is 8.36. The quantitative estimate of drug-likeness (QED) is 0.142. The van der Waals surface area contributed by atoms with Crippen molar-refractivity contribution in [3.8, 4) is 0 Å². The van der Waals surface area contributed by atoms with Gasteiger partial charge < -0.3 is 5.32 Å². The van der Waals surface area contributed by atoms with E-state index in [4.69, 9.17) is 0 Å². The van der Waals surface area contributed by atoms with E-state index in [9.17, 15) is 0 Å². The summed E-state index contributed by atoms with van der Waals surface area (Å²) in [5, 5.41) is 6.74. The lowest BCUT2D eigenvalue weighted by molar-refractivity contribution is 0.417. The van der Waals surface area contributed by atoms with Crippen LogP contribution in [0, 0.1) is 17.8 Å². The third kappa shape index (κ3) is 9.94. The van der Waals surface area contributed by atoms with Gasteiger partial charge >= 0.3 is 0 Å². The SMILES string of the molecule is C=CCC(CCCC1C=C2CCC=CC2CC1)/C(C)=c1\cccc\c1=C(\CNC1C=CCCC1)c1ccc(/C(=C/CCCC)CC)cc1. The fraction of sp³-hybridized carbons (Fsp3) is 0.489. The number of benzene rings is 2. The van der Waals surface area contributed by atoms with Gasteiger partial charge in [-0.05, 0) is 134 Å². The molecule has 4 atom stereocenters. The first kappa shape index (κ1) is 36.1. The summed E-state index contributed by atoms with van der Waals surface area (Å²) in [6.45, 7) is 12.0. The Kier molecular flexibility index (Phi) is 14.4. The molecule has 0 heterocycles. The highest BCUT2D eigenvalue weighted by Gasteiger charge is 2.23. The van der Waals surface area contributed by atoms with Gasteiger partial charge in [0, 0.05) is 12.6 Å². The molecule has 3 aliphatic rings. The molecular formula is C47H63N. The molecule has 0 saturated carbocycles. The number of unbranched alkanes of at least 4 members (excludes halogenated alkanes) is 2. The number of nitrogens with one attached hydrogen (secondary N) is 1. The Morgan fingerprint density at radius 3 is 2.46 bits per heavy atom. The van der Waals surface area contributed by atoms with Crippen LogP contribution in [0.15, 0.2) is 103 Å². The maximum absolute atomic E-state index is 4.20. The van der Waals surface area contributed by atoms with Crippen molar-refractivity contribution in [2.75, 3.05) is 6.54 Å². The number of rotatable bonds is 16. The molecule has 1 nitrogen and oxygen atoms in total. The molecular weight excluding hydrogens is 579 g/mol. The molecule has 0 spiro atoms. The first-order valence-electron chi connectivity index (χ1n) is 19.6. The molecule has 4 unspecified atom stereocenters. The molecule has 2 aromatic carbocycles. The van der Waals surface area contributed by atoms with Crippen molar-refractivity contribution in [1.82, 2.24) is 5.32 Å². The molecule has 0 radical (unpaired) electrons. The maximum Gasteiger partial charge on any atom is 0.0253 e. The zero-order chi connectivity index (χ0) is 33.6. The minimum Gasteiger partial charge on any atom is -0.306 e. The zero-order valence-electron chi connectivity index (χ0n) is 30.5. The molecule has 0 fully saturated rings. The molecule has 0 saturated heterocycles. The van der Waals surface area contributed by atoms with Crippen LogP contribution < -0.4 is 15.8 Å². The van der Waals surface area contributed by atoms with E-state index in [-0.39, 0.29) is 0 Å². The molecule has 5 rings (SSSR count). The molecule has 256 valence electrons. The summed E-state index contributed by atoms with van der Waals surface area (Å²) in [6, 6.07) is 19.2. The van der Waals surface area contributed by atoms with Crippen molar-refractivity contribution in [2.45, 2.75) is 123 Å². The predicted molar refractivity (Wildman–Crippen MR) is 211 cm³/mol. The van der Waals surface area contributed by atoms with Crippen LogP contribution in [0.1, 0.15) is 128 Å². The number of hydrogen-bond donors (Lipinski definition) is 1. The van der Waals surface area contributed by atoms with Crippen molar-refractivity contribution in [2.24, 2.45) is 17.8 Å². The predicted octanol–water partition coefficient (Wildman–Crippen LogP) is 11.4. The molecule has 0 bridgehead atoms. The topological polar surface area (TPSA) is 12.0 Å². The van der Waals surface area contributed by atoms with Crippen LogP contribution in [0.4, 0.5) is 0 Å². The van der Waals surface area contributed by atoms with Crippen LogP contribution in [-0.2, 0) is 0 Å². The summed E-state index contributed by atoms with van der Waals surface area (Å²) in [6.07, 6.45) is 35.4. The molecule has 0 amide bonds. The van der Waals surface area contributed by atoms with Gasteiger partial charge in [0.2, 0.25) is 0 Å². The van der Waals surface area contributed by atoms with Gasteiger partial charge in [-0.25, -0.2) is 0 Å². The zero-order valence-corrected chi connectivity index (χ0v) is 30.5. The van der Waals surface area contributed by atoms with Gasteiger partial charge in [0.05, 0.1) is 0 Å². The minimum absolute atomic E-state index is 0.446. The molecule has 3 aliphatic carbocycles. The van der Waals surface area contributed by atoms with Crippen molar-refractivity contribution in [3.63, 3.8) is 0 Å².